The van der Waals surface area contributed by atoms with Crippen LogP contribution in [0.25, 0.3) is 6.08 Å². The number of carbonyl (C=O) groups excluding carboxylic acids is 1. The molecule has 0 radical (unpaired) electrons. The minimum atomic E-state index is -0.520. The Kier molecular flexibility index (Phi) is 9.19. The molecule has 4 atom stereocenters. The molecule has 0 saturated carbocycles. The quantitative estimate of drug-likeness (QED) is 0.309. The van der Waals surface area contributed by atoms with Crippen molar-refractivity contribution < 1.29 is 14.6 Å². The Balaban J connectivity index is 1.78. The maximum absolute atomic E-state index is 12.0. The number of benzene rings is 1. The predicted octanol–water partition coefficient (Wildman–Crippen LogP) is 6.85. The third-order valence-electron chi connectivity index (χ3n) is 5.16. The van der Waals surface area contributed by atoms with Gasteiger partial charge in [-0.05, 0) is 49.8 Å². The van der Waals surface area contributed by atoms with Crippen LogP contribution in [-0.2, 0) is 14.6 Å². The highest BCUT2D eigenvalue weighted by atomic mass is 32.2. The average Bonchev–Trinajstić information content (AvgIpc) is 2.95. The molecule has 1 aromatic rings. The molecule has 160 valence electrons. The first-order valence-corrected chi connectivity index (χ1v) is 11.6. The van der Waals surface area contributed by atoms with Crippen LogP contribution >= 0.6 is 11.8 Å². The first-order valence-electron chi connectivity index (χ1n) is 10.7. The molecular formula is C25H36O3S. The van der Waals surface area contributed by atoms with Crippen molar-refractivity contribution in [3.05, 3.63) is 54.1 Å². The van der Waals surface area contributed by atoms with Gasteiger partial charge in [0.1, 0.15) is 11.2 Å². The molecular weight excluding hydrogens is 380 g/mol. The minimum absolute atomic E-state index is 0.174. The fraction of sp³-hybridized carbons (Fsp3) is 0.560. The highest BCUT2D eigenvalue weighted by Gasteiger charge is 2.47. The molecule has 29 heavy (non-hydrogen) atoms. The Morgan fingerprint density at radius 2 is 1.79 bits per heavy atom. The van der Waals surface area contributed by atoms with Crippen LogP contribution < -0.4 is 0 Å². The van der Waals surface area contributed by atoms with Crippen LogP contribution in [0, 0.1) is 11.8 Å². The first kappa shape index (κ1) is 23.9. The summed E-state index contributed by atoms with van der Waals surface area (Å²) < 4.78 is 0. The maximum Gasteiger partial charge on any atom is 0.191 e. The zero-order chi connectivity index (χ0) is 21.3. The summed E-state index contributed by atoms with van der Waals surface area (Å²) in [4.78, 5) is 23.3. The van der Waals surface area contributed by atoms with Crippen molar-refractivity contribution >= 4 is 23.0 Å². The predicted molar refractivity (Wildman–Crippen MR) is 124 cm³/mol. The molecule has 3 nitrogen and oxygen atoms in total. The zero-order valence-corrected chi connectivity index (χ0v) is 19.3. The van der Waals surface area contributed by atoms with E-state index >= 15 is 0 Å². The number of hydrogen-bond acceptors (Lipinski definition) is 4. The molecule has 0 unspecified atom stereocenters. The Morgan fingerprint density at radius 1 is 1.10 bits per heavy atom. The van der Waals surface area contributed by atoms with E-state index in [0.717, 1.165) is 25.0 Å². The van der Waals surface area contributed by atoms with Crippen LogP contribution in [0.4, 0.5) is 0 Å². The van der Waals surface area contributed by atoms with Crippen LogP contribution in [0.1, 0.15) is 65.9 Å². The van der Waals surface area contributed by atoms with Crippen molar-refractivity contribution in [1.29, 1.82) is 0 Å². The second-order valence-corrected chi connectivity index (χ2v) is 10.1. The molecule has 1 heterocycles. The van der Waals surface area contributed by atoms with Crippen molar-refractivity contribution in [3.63, 3.8) is 0 Å². The third kappa shape index (κ3) is 8.49. The molecule has 0 N–H and O–H groups in total. The molecule has 1 aromatic carbocycles. The SMILES string of the molecule is CCSC(=O)C[C@@]1(C)C[C@@](C)(C[C@@H](C)/C=C/C[C@H](C)/C=C/c2ccccc2)OO1. The van der Waals surface area contributed by atoms with E-state index in [9.17, 15) is 4.79 Å². The van der Waals surface area contributed by atoms with Crippen molar-refractivity contribution in [2.24, 2.45) is 11.8 Å². The van der Waals surface area contributed by atoms with Crippen LogP contribution in [0.5, 0.6) is 0 Å². The van der Waals surface area contributed by atoms with E-state index in [0.29, 0.717) is 18.3 Å². The fourth-order valence-corrected chi connectivity index (χ4v) is 4.69. The Labute approximate surface area is 180 Å². The molecule has 0 amide bonds. The molecule has 2 rings (SSSR count). The van der Waals surface area contributed by atoms with Gasteiger partial charge in [-0.2, -0.15) is 0 Å². The number of thioether (sulfide) groups is 1. The summed E-state index contributed by atoms with van der Waals surface area (Å²) in [6.07, 6.45) is 12.0. The molecule has 1 fully saturated rings. The molecule has 0 aromatic heterocycles. The maximum atomic E-state index is 12.0. The van der Waals surface area contributed by atoms with Gasteiger partial charge < -0.3 is 0 Å². The molecule has 0 bridgehead atoms. The zero-order valence-electron chi connectivity index (χ0n) is 18.5. The number of hydrogen-bond donors (Lipinski definition) is 0. The Morgan fingerprint density at radius 3 is 2.48 bits per heavy atom. The van der Waals surface area contributed by atoms with Crippen molar-refractivity contribution in [2.75, 3.05) is 5.75 Å². The highest BCUT2D eigenvalue weighted by molar-refractivity contribution is 8.13. The van der Waals surface area contributed by atoms with E-state index in [1.54, 1.807) is 0 Å². The standard InChI is InChI=1S/C25H36O3S/c1-6-29-23(26)18-25(5)19-24(4,27-28-25)17-21(3)12-10-11-20(2)15-16-22-13-8-7-9-14-22/h7-10,12-16,20-21H,6,11,17-19H2,1-5H3/b12-10+,16-15+/t20-,21-,24+,25-/m0/s1. The molecule has 0 aliphatic carbocycles. The number of allylic oxidation sites excluding steroid dienone is 3. The molecule has 1 aliphatic rings. The lowest BCUT2D eigenvalue weighted by molar-refractivity contribution is -0.345. The topological polar surface area (TPSA) is 35.5 Å². The minimum Gasteiger partial charge on any atom is -0.287 e. The van der Waals surface area contributed by atoms with Crippen LogP contribution in [0.2, 0.25) is 0 Å². The smallest absolute Gasteiger partial charge is 0.191 e. The largest absolute Gasteiger partial charge is 0.287 e. The van der Waals surface area contributed by atoms with Crippen molar-refractivity contribution in [2.45, 2.75) is 71.5 Å². The summed E-state index contributed by atoms with van der Waals surface area (Å²) in [5.41, 5.74) is 0.366. The van der Waals surface area contributed by atoms with Crippen molar-refractivity contribution in [3.8, 4) is 0 Å². The third-order valence-corrected chi connectivity index (χ3v) is 5.91. The molecule has 1 aliphatic heterocycles. The lowest BCUT2D eigenvalue weighted by Gasteiger charge is -2.24. The van der Waals surface area contributed by atoms with Gasteiger partial charge in [-0.3, -0.25) is 4.79 Å². The van der Waals surface area contributed by atoms with Gasteiger partial charge >= 0.3 is 0 Å². The molecule has 4 heteroatoms. The lowest BCUT2D eigenvalue weighted by atomic mass is 9.83. The van der Waals surface area contributed by atoms with Crippen LogP contribution in [0.3, 0.4) is 0 Å². The van der Waals surface area contributed by atoms with E-state index in [4.69, 9.17) is 9.78 Å². The summed E-state index contributed by atoms with van der Waals surface area (Å²) in [6, 6.07) is 10.4. The van der Waals surface area contributed by atoms with Gasteiger partial charge in [-0.15, -0.1) is 0 Å². The highest BCUT2D eigenvalue weighted by Crippen LogP contribution is 2.42. The van der Waals surface area contributed by atoms with E-state index in [1.165, 1.54) is 17.3 Å². The second kappa shape index (κ2) is 11.1. The van der Waals surface area contributed by atoms with Gasteiger partial charge in [0.25, 0.3) is 0 Å². The van der Waals surface area contributed by atoms with Gasteiger partial charge in [0.2, 0.25) is 0 Å². The van der Waals surface area contributed by atoms with E-state index in [2.05, 4.69) is 69.3 Å². The monoisotopic (exact) mass is 416 g/mol. The summed E-state index contributed by atoms with van der Waals surface area (Å²) in [5, 5.41) is 0.174. The number of carbonyl (C=O) groups is 1. The normalized spacial score (nSPS) is 26.9. The first-order chi connectivity index (χ1) is 13.7. The van der Waals surface area contributed by atoms with Gasteiger partial charge in [0, 0.05) is 12.8 Å². The van der Waals surface area contributed by atoms with E-state index in [1.807, 2.05) is 19.9 Å². The summed E-state index contributed by atoms with van der Waals surface area (Å²) in [7, 11) is 0. The van der Waals surface area contributed by atoms with E-state index in [-0.39, 0.29) is 10.7 Å². The van der Waals surface area contributed by atoms with Gasteiger partial charge in [0.15, 0.2) is 5.12 Å². The van der Waals surface area contributed by atoms with E-state index < -0.39 is 5.60 Å². The van der Waals surface area contributed by atoms with Crippen LogP contribution in [0.15, 0.2) is 48.6 Å². The van der Waals surface area contributed by atoms with Gasteiger partial charge in [-0.1, -0.05) is 87.2 Å². The summed E-state index contributed by atoms with van der Waals surface area (Å²) in [5.74, 6) is 1.68. The lowest BCUT2D eigenvalue weighted by Crippen LogP contribution is -2.31. The molecule has 0 spiro atoms. The number of rotatable bonds is 10. The second-order valence-electron chi connectivity index (χ2n) is 8.82. The average molecular weight is 417 g/mol. The Bertz CT molecular complexity index is 699. The van der Waals surface area contributed by atoms with Crippen molar-refractivity contribution in [1.82, 2.24) is 0 Å². The Hall–Kier alpha value is -1.36. The van der Waals surface area contributed by atoms with Gasteiger partial charge in [-0.25, -0.2) is 9.78 Å². The molecule has 1 saturated heterocycles. The summed E-state index contributed by atoms with van der Waals surface area (Å²) >= 11 is 1.36. The fourth-order valence-electron chi connectivity index (χ4n) is 3.96. The van der Waals surface area contributed by atoms with Gasteiger partial charge in [0.05, 0.1) is 0 Å². The van der Waals surface area contributed by atoms with Crippen LogP contribution in [-0.4, -0.2) is 22.1 Å². The summed E-state index contributed by atoms with van der Waals surface area (Å²) in [6.45, 7) is 10.5.